The molecule has 0 bridgehead atoms. The predicted octanol–water partition coefficient (Wildman–Crippen LogP) is 2.03. The summed E-state index contributed by atoms with van der Waals surface area (Å²) in [6, 6.07) is 7.40. The summed E-state index contributed by atoms with van der Waals surface area (Å²) >= 11 is 0. The Bertz CT molecular complexity index is 386. The van der Waals surface area contributed by atoms with E-state index in [0.717, 1.165) is 31.2 Å². The van der Waals surface area contributed by atoms with Crippen LogP contribution in [0.1, 0.15) is 41.6 Å². The van der Waals surface area contributed by atoms with Crippen LogP contribution in [0.2, 0.25) is 0 Å². The maximum absolute atomic E-state index is 11.9. The van der Waals surface area contributed by atoms with Gasteiger partial charge in [0.1, 0.15) is 0 Å². The fraction of sp³-hybridized carbons (Fsp3) is 0.500. The van der Waals surface area contributed by atoms with Crippen molar-refractivity contribution in [2.45, 2.75) is 44.8 Å². The molecule has 3 nitrogen and oxygen atoms in total. The second kappa shape index (κ2) is 5.32. The van der Waals surface area contributed by atoms with Crippen molar-refractivity contribution in [3.63, 3.8) is 0 Å². The highest BCUT2D eigenvalue weighted by Gasteiger charge is 2.24. The molecule has 1 amide bonds. The van der Waals surface area contributed by atoms with Crippen LogP contribution < -0.4 is 5.32 Å². The zero-order valence-corrected chi connectivity index (χ0v) is 10.1. The molecule has 1 aromatic rings. The van der Waals surface area contributed by atoms with Crippen molar-refractivity contribution >= 4 is 5.91 Å². The van der Waals surface area contributed by atoms with E-state index in [2.05, 4.69) is 5.32 Å². The van der Waals surface area contributed by atoms with Gasteiger partial charge in [0.25, 0.3) is 5.91 Å². The molecule has 1 fully saturated rings. The van der Waals surface area contributed by atoms with E-state index in [4.69, 9.17) is 0 Å². The lowest BCUT2D eigenvalue weighted by atomic mass is 9.92. The van der Waals surface area contributed by atoms with Gasteiger partial charge in [-0.3, -0.25) is 4.79 Å². The van der Waals surface area contributed by atoms with Gasteiger partial charge in [-0.1, -0.05) is 30.5 Å². The summed E-state index contributed by atoms with van der Waals surface area (Å²) in [5.41, 5.74) is 1.80. The van der Waals surface area contributed by atoms with Gasteiger partial charge in [0.2, 0.25) is 0 Å². The first-order valence-corrected chi connectivity index (χ1v) is 6.22. The van der Waals surface area contributed by atoms with E-state index < -0.39 is 6.10 Å². The lowest BCUT2D eigenvalue weighted by Gasteiger charge is -2.28. The Labute approximate surface area is 102 Å². The first kappa shape index (κ1) is 12.1. The van der Waals surface area contributed by atoms with E-state index in [1.807, 2.05) is 31.2 Å². The van der Waals surface area contributed by atoms with E-state index in [1.54, 1.807) is 0 Å². The molecule has 17 heavy (non-hydrogen) atoms. The number of aliphatic hydroxyl groups excluding tert-OH is 1. The quantitative estimate of drug-likeness (QED) is 0.821. The van der Waals surface area contributed by atoms with Crippen LogP contribution in [0, 0.1) is 6.92 Å². The molecule has 92 valence electrons. The van der Waals surface area contributed by atoms with Gasteiger partial charge >= 0.3 is 0 Å². The van der Waals surface area contributed by atoms with Crippen LogP contribution in [0.3, 0.4) is 0 Å². The Kier molecular flexibility index (Phi) is 3.79. The van der Waals surface area contributed by atoms with Crippen molar-refractivity contribution in [1.82, 2.24) is 5.32 Å². The number of carbonyl (C=O) groups excluding carboxylic acids is 1. The van der Waals surface area contributed by atoms with Crippen molar-refractivity contribution < 1.29 is 9.90 Å². The third-order valence-corrected chi connectivity index (χ3v) is 3.36. The number of carbonyl (C=O) groups is 1. The summed E-state index contributed by atoms with van der Waals surface area (Å²) in [6.45, 7) is 1.99. The Morgan fingerprint density at radius 3 is 2.53 bits per heavy atom. The van der Waals surface area contributed by atoms with Gasteiger partial charge in [-0.25, -0.2) is 0 Å². The number of aliphatic hydroxyl groups is 1. The van der Waals surface area contributed by atoms with Crippen molar-refractivity contribution in [3.8, 4) is 0 Å². The van der Waals surface area contributed by atoms with Crippen LogP contribution in [0.4, 0.5) is 0 Å². The molecule has 0 aliphatic heterocycles. The zero-order chi connectivity index (χ0) is 12.3. The average Bonchev–Trinajstić information content (AvgIpc) is 2.33. The fourth-order valence-electron chi connectivity index (χ4n) is 2.24. The van der Waals surface area contributed by atoms with Gasteiger partial charge in [-0.05, 0) is 31.9 Å². The van der Waals surface area contributed by atoms with Crippen LogP contribution >= 0.6 is 0 Å². The first-order valence-electron chi connectivity index (χ1n) is 6.22. The molecule has 3 heteroatoms. The highest BCUT2D eigenvalue weighted by atomic mass is 16.3. The fourth-order valence-corrected chi connectivity index (χ4v) is 2.24. The normalized spacial score (nSPS) is 24.4. The van der Waals surface area contributed by atoms with Crippen molar-refractivity contribution in [1.29, 1.82) is 0 Å². The molecule has 1 aliphatic rings. The number of aryl methyl sites for hydroxylation is 1. The van der Waals surface area contributed by atoms with Crippen LogP contribution in [0.5, 0.6) is 0 Å². The number of nitrogens with one attached hydrogen (secondary N) is 1. The van der Waals surface area contributed by atoms with Crippen LogP contribution in [-0.2, 0) is 0 Å². The van der Waals surface area contributed by atoms with Crippen LogP contribution in [0.15, 0.2) is 24.3 Å². The molecular weight excluding hydrogens is 214 g/mol. The number of rotatable bonds is 2. The van der Waals surface area contributed by atoms with E-state index in [9.17, 15) is 9.90 Å². The third kappa shape index (κ3) is 3.07. The highest BCUT2D eigenvalue weighted by molar-refractivity contribution is 5.94. The Morgan fingerprint density at radius 2 is 1.88 bits per heavy atom. The second-order valence-corrected chi connectivity index (χ2v) is 4.80. The summed E-state index contributed by atoms with van der Waals surface area (Å²) in [5, 5.41) is 12.7. The topological polar surface area (TPSA) is 49.3 Å². The predicted molar refractivity (Wildman–Crippen MR) is 66.9 cm³/mol. The summed E-state index contributed by atoms with van der Waals surface area (Å²) in [4.78, 5) is 11.9. The van der Waals surface area contributed by atoms with Crippen molar-refractivity contribution in [2.75, 3.05) is 0 Å². The minimum absolute atomic E-state index is 0.0856. The molecule has 2 atom stereocenters. The maximum atomic E-state index is 11.9. The monoisotopic (exact) mass is 233 g/mol. The maximum Gasteiger partial charge on any atom is 0.251 e. The summed E-state index contributed by atoms with van der Waals surface area (Å²) < 4.78 is 0. The molecule has 0 spiro atoms. The van der Waals surface area contributed by atoms with Gasteiger partial charge in [-0.2, -0.15) is 0 Å². The number of hydrogen-bond donors (Lipinski definition) is 2. The van der Waals surface area contributed by atoms with Crippen molar-refractivity contribution in [3.05, 3.63) is 35.4 Å². The molecular formula is C14H19NO2. The molecule has 1 saturated carbocycles. The summed E-state index contributed by atoms with van der Waals surface area (Å²) in [7, 11) is 0. The zero-order valence-electron chi connectivity index (χ0n) is 10.1. The average molecular weight is 233 g/mol. The third-order valence-electron chi connectivity index (χ3n) is 3.36. The minimum Gasteiger partial charge on any atom is -0.391 e. The van der Waals surface area contributed by atoms with E-state index in [1.165, 1.54) is 0 Å². The highest BCUT2D eigenvalue weighted by Crippen LogP contribution is 2.18. The number of benzene rings is 1. The standard InChI is InChI=1S/C14H19NO2/c1-10-6-8-11(9-7-10)14(17)15-12-4-2-3-5-13(12)16/h6-9,12-13,16H,2-5H2,1H3,(H,15,17)/t12-,13+/m0/s1. The lowest BCUT2D eigenvalue weighted by molar-refractivity contribution is 0.0717. The van der Waals surface area contributed by atoms with Crippen LogP contribution in [0.25, 0.3) is 0 Å². The SMILES string of the molecule is Cc1ccc(C(=O)N[C@H]2CCCC[C@H]2O)cc1. The Balaban J connectivity index is 1.98. The second-order valence-electron chi connectivity index (χ2n) is 4.80. The van der Waals surface area contributed by atoms with Gasteiger partial charge in [0, 0.05) is 5.56 Å². The first-order chi connectivity index (χ1) is 8.16. The summed E-state index contributed by atoms with van der Waals surface area (Å²) in [6.07, 6.45) is 3.41. The number of hydrogen-bond acceptors (Lipinski definition) is 2. The van der Waals surface area contributed by atoms with E-state index >= 15 is 0 Å². The Morgan fingerprint density at radius 1 is 1.24 bits per heavy atom. The summed E-state index contributed by atoms with van der Waals surface area (Å²) in [5.74, 6) is -0.0871. The molecule has 0 unspecified atom stereocenters. The molecule has 1 aliphatic carbocycles. The Hall–Kier alpha value is -1.35. The van der Waals surface area contributed by atoms with E-state index in [-0.39, 0.29) is 11.9 Å². The lowest BCUT2D eigenvalue weighted by Crippen LogP contribution is -2.45. The van der Waals surface area contributed by atoms with Crippen molar-refractivity contribution in [2.24, 2.45) is 0 Å². The molecule has 0 aromatic heterocycles. The van der Waals surface area contributed by atoms with Crippen LogP contribution in [-0.4, -0.2) is 23.2 Å². The van der Waals surface area contributed by atoms with E-state index in [0.29, 0.717) is 5.56 Å². The van der Waals surface area contributed by atoms with Gasteiger partial charge in [-0.15, -0.1) is 0 Å². The number of amides is 1. The van der Waals surface area contributed by atoms with Gasteiger partial charge in [0.15, 0.2) is 0 Å². The molecule has 0 heterocycles. The van der Waals surface area contributed by atoms with Gasteiger partial charge < -0.3 is 10.4 Å². The minimum atomic E-state index is -0.391. The molecule has 0 radical (unpaired) electrons. The molecule has 1 aromatic carbocycles. The molecule has 2 rings (SSSR count). The van der Waals surface area contributed by atoms with Gasteiger partial charge in [0.05, 0.1) is 12.1 Å². The largest absolute Gasteiger partial charge is 0.391 e. The smallest absolute Gasteiger partial charge is 0.251 e. The molecule has 0 saturated heterocycles. The molecule has 2 N–H and O–H groups in total.